The summed E-state index contributed by atoms with van der Waals surface area (Å²) in [6, 6.07) is 6.17. The van der Waals surface area contributed by atoms with Crippen molar-refractivity contribution < 1.29 is 14.3 Å². The van der Waals surface area contributed by atoms with Gasteiger partial charge in [-0.3, -0.25) is 4.79 Å². The first-order valence-electron chi connectivity index (χ1n) is 6.54. The minimum absolute atomic E-state index is 0.0288. The lowest BCUT2D eigenvalue weighted by Gasteiger charge is -2.38. The second kappa shape index (κ2) is 4.39. The molecule has 1 fully saturated rings. The third kappa shape index (κ3) is 1.83. The molecule has 3 unspecified atom stereocenters. The van der Waals surface area contributed by atoms with E-state index in [4.69, 9.17) is 9.47 Å². The quantitative estimate of drug-likeness (QED) is 0.564. The van der Waals surface area contributed by atoms with Gasteiger partial charge in [-0.05, 0) is 43.4 Å². The van der Waals surface area contributed by atoms with E-state index in [9.17, 15) is 4.79 Å². The molecule has 1 aliphatic heterocycles. The molecule has 2 aliphatic rings. The fourth-order valence-electron chi connectivity index (χ4n) is 3.20. The molecule has 0 N–H and O–H groups in total. The molecule has 3 atom stereocenters. The second-order valence-corrected chi connectivity index (χ2v) is 5.35. The fraction of sp³-hybridized carbons (Fsp3) is 0.533. The predicted molar refractivity (Wildman–Crippen MR) is 67.7 cm³/mol. The SMILES string of the molecule is COC1CCC2c3ccc(C)cc3OC(=O)C2C1. The highest BCUT2D eigenvalue weighted by atomic mass is 16.5. The molecule has 0 bridgehead atoms. The van der Waals surface area contributed by atoms with E-state index in [0.717, 1.165) is 30.6 Å². The van der Waals surface area contributed by atoms with Crippen LogP contribution in [0.5, 0.6) is 5.75 Å². The molecular weight excluding hydrogens is 228 g/mol. The van der Waals surface area contributed by atoms with Crippen LogP contribution < -0.4 is 4.74 Å². The molecule has 96 valence electrons. The summed E-state index contributed by atoms with van der Waals surface area (Å²) in [6.45, 7) is 2.02. The minimum atomic E-state index is -0.0835. The first-order chi connectivity index (χ1) is 8.69. The molecule has 3 rings (SSSR count). The molecule has 0 aromatic heterocycles. The van der Waals surface area contributed by atoms with Crippen molar-refractivity contribution in [1.29, 1.82) is 0 Å². The summed E-state index contributed by atoms with van der Waals surface area (Å²) in [4.78, 5) is 12.1. The van der Waals surface area contributed by atoms with Gasteiger partial charge in [0.15, 0.2) is 0 Å². The molecular formula is C15H18O3. The monoisotopic (exact) mass is 246 g/mol. The summed E-state index contributed by atoms with van der Waals surface area (Å²) < 4.78 is 10.9. The van der Waals surface area contributed by atoms with Gasteiger partial charge < -0.3 is 9.47 Å². The van der Waals surface area contributed by atoms with Gasteiger partial charge in [-0.15, -0.1) is 0 Å². The normalized spacial score (nSPS) is 30.3. The molecule has 3 nitrogen and oxygen atoms in total. The van der Waals surface area contributed by atoms with Gasteiger partial charge >= 0.3 is 5.97 Å². The van der Waals surface area contributed by atoms with Gasteiger partial charge in [0.2, 0.25) is 0 Å². The Morgan fingerprint density at radius 2 is 2.11 bits per heavy atom. The zero-order valence-electron chi connectivity index (χ0n) is 10.8. The number of hydrogen-bond donors (Lipinski definition) is 0. The van der Waals surface area contributed by atoms with Gasteiger partial charge in [-0.25, -0.2) is 0 Å². The molecule has 0 saturated heterocycles. The van der Waals surface area contributed by atoms with Gasteiger partial charge in [-0.1, -0.05) is 12.1 Å². The third-order valence-electron chi connectivity index (χ3n) is 4.22. The summed E-state index contributed by atoms with van der Waals surface area (Å²) in [6.07, 6.45) is 3.02. The van der Waals surface area contributed by atoms with E-state index in [1.807, 2.05) is 13.0 Å². The molecule has 0 amide bonds. The summed E-state index contributed by atoms with van der Waals surface area (Å²) in [5.41, 5.74) is 2.32. The average Bonchev–Trinajstić information content (AvgIpc) is 2.38. The standard InChI is InChI=1S/C15H18O3/c1-9-3-5-12-11-6-4-10(17-2)8-13(11)15(16)18-14(12)7-9/h3,5,7,10-11,13H,4,6,8H2,1-2H3. The van der Waals surface area contributed by atoms with Crippen LogP contribution in [0.2, 0.25) is 0 Å². The van der Waals surface area contributed by atoms with Crippen LogP contribution in [0.15, 0.2) is 18.2 Å². The number of rotatable bonds is 1. The van der Waals surface area contributed by atoms with Crippen molar-refractivity contribution in [2.24, 2.45) is 5.92 Å². The number of methoxy groups -OCH3 is 1. The van der Waals surface area contributed by atoms with E-state index < -0.39 is 0 Å². The Morgan fingerprint density at radius 1 is 1.28 bits per heavy atom. The van der Waals surface area contributed by atoms with Crippen LogP contribution in [-0.4, -0.2) is 19.2 Å². The van der Waals surface area contributed by atoms with E-state index in [1.165, 1.54) is 5.56 Å². The highest BCUT2D eigenvalue weighted by Crippen LogP contribution is 2.46. The van der Waals surface area contributed by atoms with Crippen molar-refractivity contribution in [1.82, 2.24) is 0 Å². The van der Waals surface area contributed by atoms with Gasteiger partial charge in [-0.2, -0.15) is 0 Å². The van der Waals surface area contributed by atoms with Crippen LogP contribution in [0.1, 0.15) is 36.3 Å². The Bertz CT molecular complexity index is 481. The van der Waals surface area contributed by atoms with Crippen LogP contribution in [0.25, 0.3) is 0 Å². The van der Waals surface area contributed by atoms with E-state index in [2.05, 4.69) is 12.1 Å². The number of hydrogen-bond acceptors (Lipinski definition) is 3. The predicted octanol–water partition coefficient (Wildman–Crippen LogP) is 2.81. The Kier molecular flexibility index (Phi) is 2.86. The Labute approximate surface area is 107 Å². The highest BCUT2D eigenvalue weighted by molar-refractivity contribution is 5.79. The van der Waals surface area contributed by atoms with Crippen molar-refractivity contribution in [3.63, 3.8) is 0 Å². The van der Waals surface area contributed by atoms with Crippen LogP contribution in [-0.2, 0) is 9.53 Å². The number of ether oxygens (including phenoxy) is 2. The fourth-order valence-corrected chi connectivity index (χ4v) is 3.20. The summed E-state index contributed by atoms with van der Waals surface area (Å²) in [5, 5.41) is 0. The molecule has 18 heavy (non-hydrogen) atoms. The number of aryl methyl sites for hydroxylation is 1. The lowest BCUT2D eigenvalue weighted by Crippen LogP contribution is -2.38. The largest absolute Gasteiger partial charge is 0.426 e. The lowest BCUT2D eigenvalue weighted by molar-refractivity contribution is -0.144. The number of carbonyl (C=O) groups is 1. The van der Waals surface area contributed by atoms with Crippen molar-refractivity contribution in [3.8, 4) is 5.75 Å². The molecule has 1 aromatic rings. The van der Waals surface area contributed by atoms with Gasteiger partial charge in [0.1, 0.15) is 5.75 Å². The highest BCUT2D eigenvalue weighted by Gasteiger charge is 2.41. The van der Waals surface area contributed by atoms with Crippen LogP contribution in [0, 0.1) is 12.8 Å². The maximum Gasteiger partial charge on any atom is 0.315 e. The van der Waals surface area contributed by atoms with Crippen LogP contribution in [0.4, 0.5) is 0 Å². The van der Waals surface area contributed by atoms with Crippen molar-refractivity contribution in [2.45, 2.75) is 38.2 Å². The topological polar surface area (TPSA) is 35.5 Å². The molecule has 1 saturated carbocycles. The Balaban J connectivity index is 1.95. The molecule has 1 aliphatic carbocycles. The van der Waals surface area contributed by atoms with Crippen LogP contribution in [0.3, 0.4) is 0 Å². The van der Waals surface area contributed by atoms with E-state index in [0.29, 0.717) is 5.92 Å². The first kappa shape index (κ1) is 11.7. The van der Waals surface area contributed by atoms with E-state index in [-0.39, 0.29) is 18.0 Å². The Hall–Kier alpha value is -1.35. The number of esters is 1. The van der Waals surface area contributed by atoms with E-state index >= 15 is 0 Å². The maximum atomic E-state index is 12.1. The minimum Gasteiger partial charge on any atom is -0.426 e. The molecule has 3 heteroatoms. The molecule has 1 aromatic carbocycles. The number of benzene rings is 1. The summed E-state index contributed by atoms with van der Waals surface area (Å²) in [7, 11) is 1.72. The summed E-state index contributed by atoms with van der Waals surface area (Å²) >= 11 is 0. The van der Waals surface area contributed by atoms with Gasteiger partial charge in [0.25, 0.3) is 0 Å². The average molecular weight is 246 g/mol. The zero-order valence-corrected chi connectivity index (χ0v) is 10.8. The van der Waals surface area contributed by atoms with Crippen molar-refractivity contribution in [2.75, 3.05) is 7.11 Å². The smallest absolute Gasteiger partial charge is 0.315 e. The summed E-state index contributed by atoms with van der Waals surface area (Å²) in [5.74, 6) is 0.962. The van der Waals surface area contributed by atoms with E-state index in [1.54, 1.807) is 7.11 Å². The first-order valence-corrected chi connectivity index (χ1v) is 6.54. The number of fused-ring (bicyclic) bond motifs is 3. The van der Waals surface area contributed by atoms with Crippen LogP contribution >= 0.6 is 0 Å². The Morgan fingerprint density at radius 3 is 2.89 bits per heavy atom. The van der Waals surface area contributed by atoms with Crippen molar-refractivity contribution >= 4 is 5.97 Å². The van der Waals surface area contributed by atoms with Gasteiger partial charge in [0.05, 0.1) is 12.0 Å². The molecule has 1 heterocycles. The zero-order chi connectivity index (χ0) is 12.7. The third-order valence-corrected chi connectivity index (χ3v) is 4.22. The molecule has 0 radical (unpaired) electrons. The molecule has 0 spiro atoms. The number of carbonyl (C=O) groups excluding carboxylic acids is 1. The second-order valence-electron chi connectivity index (χ2n) is 5.35. The lowest BCUT2D eigenvalue weighted by atomic mass is 9.73. The van der Waals surface area contributed by atoms with Crippen molar-refractivity contribution in [3.05, 3.63) is 29.3 Å². The maximum absolute atomic E-state index is 12.1. The van der Waals surface area contributed by atoms with Gasteiger partial charge in [0, 0.05) is 13.0 Å².